The fourth-order valence-corrected chi connectivity index (χ4v) is 1.38. The van der Waals surface area contributed by atoms with Crippen molar-refractivity contribution in [2.24, 2.45) is 0 Å². The molecular weight excluding hydrogens is 221 g/mol. The fraction of sp³-hybridized carbons (Fsp3) is 0.455. The summed E-state index contributed by atoms with van der Waals surface area (Å²) in [5, 5.41) is 0. The van der Waals surface area contributed by atoms with E-state index in [9.17, 15) is 0 Å². The molecule has 0 nitrogen and oxygen atoms in total. The van der Waals surface area contributed by atoms with E-state index in [4.69, 9.17) is 0 Å². The molecule has 1 heteroatoms. The third-order valence-electron chi connectivity index (χ3n) is 1.97. The summed E-state index contributed by atoms with van der Waals surface area (Å²) in [4.78, 5) is 0. The molecule has 0 aliphatic heterocycles. The van der Waals surface area contributed by atoms with Crippen LogP contribution in [0.4, 0.5) is 0 Å². The van der Waals surface area contributed by atoms with Gasteiger partial charge in [0.15, 0.2) is 0 Å². The molecule has 1 aromatic carbocycles. The van der Waals surface area contributed by atoms with Crippen LogP contribution in [0.2, 0.25) is 0 Å². The van der Waals surface area contributed by atoms with Crippen molar-refractivity contribution in [3.63, 3.8) is 0 Å². The molecule has 63 valence electrons. The van der Waals surface area contributed by atoms with Gasteiger partial charge in [0.2, 0.25) is 0 Å². The van der Waals surface area contributed by atoms with Gasteiger partial charge in [-0.3, -0.25) is 0 Å². The molecule has 0 aliphatic carbocycles. The predicted molar refractivity (Wildman–Crippen MR) is 48.8 cm³/mol. The Hall–Kier alpha value is 0.324. The van der Waals surface area contributed by atoms with Crippen LogP contribution in [0.3, 0.4) is 0 Å². The molecule has 0 atom stereocenters. The van der Waals surface area contributed by atoms with Crippen LogP contribution in [0, 0.1) is 19.9 Å². The van der Waals surface area contributed by atoms with Crippen molar-refractivity contribution in [3.05, 3.63) is 34.9 Å². The second-order valence-corrected chi connectivity index (χ2v) is 3.41. The molecule has 1 aromatic rings. The Morgan fingerprint density at radius 3 is 2.25 bits per heavy atom. The zero-order valence-corrected chi connectivity index (χ0v) is 11.1. The maximum atomic E-state index is 3.22. The van der Waals surface area contributed by atoms with Crippen LogP contribution in [0.15, 0.2) is 12.1 Å². The van der Waals surface area contributed by atoms with E-state index in [1.807, 2.05) is 0 Å². The SMILES string of the molecule is Cc1[c-]cc(C(C)C)c(C)c1.[Y]. The third-order valence-corrected chi connectivity index (χ3v) is 1.97. The summed E-state index contributed by atoms with van der Waals surface area (Å²) in [5.74, 6) is 0.617. The molecule has 0 unspecified atom stereocenters. The molecule has 0 N–H and O–H groups in total. The summed E-state index contributed by atoms with van der Waals surface area (Å²) in [5.41, 5.74) is 4.03. The summed E-state index contributed by atoms with van der Waals surface area (Å²) in [6, 6.07) is 7.52. The minimum atomic E-state index is 0. The second-order valence-electron chi connectivity index (χ2n) is 3.41. The van der Waals surface area contributed by atoms with Gasteiger partial charge in [0.05, 0.1) is 0 Å². The van der Waals surface area contributed by atoms with Crippen molar-refractivity contribution in [2.45, 2.75) is 33.6 Å². The maximum Gasteiger partial charge on any atom is 0 e. The third kappa shape index (κ3) is 2.99. The molecule has 0 fully saturated rings. The Bertz CT molecular complexity index is 251. The van der Waals surface area contributed by atoms with Gasteiger partial charge in [0.1, 0.15) is 0 Å². The van der Waals surface area contributed by atoms with Crippen molar-refractivity contribution in [3.8, 4) is 0 Å². The number of rotatable bonds is 1. The minimum Gasteiger partial charge on any atom is -0.180 e. The maximum absolute atomic E-state index is 3.22. The first kappa shape index (κ1) is 12.3. The molecule has 0 bridgehead atoms. The zero-order valence-electron chi connectivity index (χ0n) is 8.31. The van der Waals surface area contributed by atoms with Crippen LogP contribution in [-0.2, 0) is 32.7 Å². The Morgan fingerprint density at radius 2 is 1.83 bits per heavy atom. The minimum absolute atomic E-state index is 0. The van der Waals surface area contributed by atoms with Crippen LogP contribution in [0.1, 0.15) is 36.5 Å². The fourth-order valence-electron chi connectivity index (χ4n) is 1.38. The van der Waals surface area contributed by atoms with Crippen LogP contribution in [0.5, 0.6) is 0 Å². The number of hydrogen-bond acceptors (Lipinski definition) is 0. The van der Waals surface area contributed by atoms with E-state index in [1.165, 1.54) is 16.7 Å². The Balaban J connectivity index is 0.00000121. The van der Waals surface area contributed by atoms with Crippen LogP contribution in [-0.4, -0.2) is 0 Å². The molecule has 0 amide bonds. The average molecular weight is 236 g/mol. The molecule has 0 spiro atoms. The number of hydrogen-bond donors (Lipinski definition) is 0. The molecule has 1 radical (unpaired) electrons. The van der Waals surface area contributed by atoms with E-state index in [0.717, 1.165) is 0 Å². The van der Waals surface area contributed by atoms with E-state index < -0.39 is 0 Å². The molecule has 0 aromatic heterocycles. The Labute approximate surface area is 101 Å². The molecule has 0 heterocycles. The van der Waals surface area contributed by atoms with E-state index in [-0.39, 0.29) is 32.7 Å². The topological polar surface area (TPSA) is 0 Å². The Kier molecular flexibility index (Phi) is 5.28. The smallest absolute Gasteiger partial charge is 0 e. The van der Waals surface area contributed by atoms with E-state index in [2.05, 4.69) is 45.9 Å². The quantitative estimate of drug-likeness (QED) is 0.657. The molecule has 0 aliphatic rings. The summed E-state index contributed by atoms with van der Waals surface area (Å²) in [7, 11) is 0. The first-order chi connectivity index (χ1) is 5.11. The van der Waals surface area contributed by atoms with Gasteiger partial charge in [0.25, 0.3) is 0 Å². The average Bonchev–Trinajstić information content (AvgIpc) is 1.85. The second kappa shape index (κ2) is 5.14. The van der Waals surface area contributed by atoms with Gasteiger partial charge in [0, 0.05) is 32.7 Å². The van der Waals surface area contributed by atoms with Crippen LogP contribution < -0.4 is 0 Å². The number of benzene rings is 1. The predicted octanol–water partition coefficient (Wildman–Crippen LogP) is 3.22. The van der Waals surface area contributed by atoms with Crippen molar-refractivity contribution in [1.82, 2.24) is 0 Å². The van der Waals surface area contributed by atoms with E-state index >= 15 is 0 Å². The van der Waals surface area contributed by atoms with Gasteiger partial charge in [-0.2, -0.15) is 34.9 Å². The van der Waals surface area contributed by atoms with Crippen molar-refractivity contribution >= 4 is 0 Å². The summed E-state index contributed by atoms with van der Waals surface area (Å²) in [6.07, 6.45) is 0. The molecule has 0 saturated carbocycles. The molecular formula is C11H15Y-. The van der Waals surface area contributed by atoms with Crippen LogP contribution >= 0.6 is 0 Å². The molecule has 1 rings (SSSR count). The molecule has 12 heavy (non-hydrogen) atoms. The van der Waals surface area contributed by atoms with E-state index in [1.54, 1.807) is 0 Å². The van der Waals surface area contributed by atoms with Gasteiger partial charge in [-0.05, 0) is 0 Å². The van der Waals surface area contributed by atoms with Crippen molar-refractivity contribution in [2.75, 3.05) is 0 Å². The zero-order chi connectivity index (χ0) is 8.43. The van der Waals surface area contributed by atoms with Gasteiger partial charge >= 0.3 is 0 Å². The van der Waals surface area contributed by atoms with Gasteiger partial charge in [-0.1, -0.05) is 33.6 Å². The normalized spacial score (nSPS) is 9.75. The first-order valence-corrected chi connectivity index (χ1v) is 4.10. The van der Waals surface area contributed by atoms with Gasteiger partial charge in [-0.15, -0.1) is 0 Å². The van der Waals surface area contributed by atoms with E-state index in [0.29, 0.717) is 5.92 Å². The first-order valence-electron chi connectivity index (χ1n) is 4.10. The standard InChI is InChI=1S/C11H15.Y/c1-8(2)11-6-5-9(3)7-10(11)4;/h6-8H,1-4H3;/q-1;. The summed E-state index contributed by atoms with van der Waals surface area (Å²) in [6.45, 7) is 8.67. The van der Waals surface area contributed by atoms with Gasteiger partial charge < -0.3 is 0 Å². The molecule has 0 saturated heterocycles. The monoisotopic (exact) mass is 236 g/mol. The van der Waals surface area contributed by atoms with Gasteiger partial charge in [-0.25, -0.2) is 0 Å². The van der Waals surface area contributed by atoms with Crippen molar-refractivity contribution < 1.29 is 32.7 Å². The Morgan fingerprint density at radius 1 is 1.25 bits per heavy atom. The summed E-state index contributed by atoms with van der Waals surface area (Å²) >= 11 is 0. The summed E-state index contributed by atoms with van der Waals surface area (Å²) < 4.78 is 0. The van der Waals surface area contributed by atoms with Crippen LogP contribution in [0.25, 0.3) is 0 Å². The number of aryl methyl sites for hydroxylation is 2. The largest absolute Gasteiger partial charge is 0.180 e. The van der Waals surface area contributed by atoms with Crippen molar-refractivity contribution in [1.29, 1.82) is 0 Å².